The van der Waals surface area contributed by atoms with Crippen molar-refractivity contribution in [3.05, 3.63) is 47.8 Å². The molecule has 0 radical (unpaired) electrons. The molecule has 3 unspecified atom stereocenters. The number of amides is 5. The van der Waals surface area contributed by atoms with Crippen molar-refractivity contribution in [2.75, 3.05) is 26.2 Å². The fourth-order valence-electron chi connectivity index (χ4n) is 5.18. The predicted octanol–water partition coefficient (Wildman–Crippen LogP) is -1.50. The van der Waals surface area contributed by atoms with Gasteiger partial charge < -0.3 is 26.2 Å². The molecule has 4 rings (SSSR count). The summed E-state index contributed by atoms with van der Waals surface area (Å²) in [4.78, 5) is 79.3. The van der Waals surface area contributed by atoms with Gasteiger partial charge in [-0.25, -0.2) is 4.68 Å². The third-order valence-electron chi connectivity index (χ3n) is 7.26. The van der Waals surface area contributed by atoms with E-state index in [1.807, 2.05) is 30.3 Å². The molecule has 1 saturated heterocycles. The largest absolute Gasteiger partial charge is 0.355 e. The van der Waals surface area contributed by atoms with Gasteiger partial charge in [-0.3, -0.25) is 28.8 Å². The van der Waals surface area contributed by atoms with Crippen LogP contribution in [0.25, 0.3) is 0 Å². The van der Waals surface area contributed by atoms with E-state index in [0.29, 0.717) is 31.6 Å². The molecule has 3 atom stereocenters. The van der Waals surface area contributed by atoms with Crippen LogP contribution in [-0.4, -0.2) is 93.5 Å². The van der Waals surface area contributed by atoms with Gasteiger partial charge in [-0.05, 0) is 31.7 Å². The first kappa shape index (κ1) is 30.3. The minimum atomic E-state index is -1.14. The lowest BCUT2D eigenvalue weighted by atomic mass is 9.90. The summed E-state index contributed by atoms with van der Waals surface area (Å²) in [6.45, 7) is 1.74. The van der Waals surface area contributed by atoms with Gasteiger partial charge in [0, 0.05) is 38.0 Å². The Kier molecular flexibility index (Phi) is 10.3. The molecule has 224 valence electrons. The van der Waals surface area contributed by atoms with Crippen LogP contribution >= 0.6 is 0 Å². The number of Topliss-reactive ketones (excluding diaryl/α,β-unsaturated/α-hetero) is 1. The molecule has 5 amide bonds. The van der Waals surface area contributed by atoms with Crippen LogP contribution in [0.15, 0.2) is 36.5 Å². The highest BCUT2D eigenvalue weighted by atomic mass is 16.2. The van der Waals surface area contributed by atoms with Crippen molar-refractivity contribution in [2.24, 2.45) is 5.92 Å². The second-order valence-electron chi connectivity index (χ2n) is 10.4. The third kappa shape index (κ3) is 8.21. The summed E-state index contributed by atoms with van der Waals surface area (Å²) in [6, 6.07) is 7.37. The molecular weight excluding hydrogens is 544 g/mol. The van der Waals surface area contributed by atoms with Crippen LogP contribution in [0.1, 0.15) is 37.4 Å². The van der Waals surface area contributed by atoms with E-state index in [4.69, 9.17) is 0 Å². The Balaban J connectivity index is 1.63. The highest BCUT2D eigenvalue weighted by molar-refractivity contribution is 5.95. The van der Waals surface area contributed by atoms with Gasteiger partial charge in [0.25, 0.3) is 0 Å². The van der Waals surface area contributed by atoms with E-state index < -0.39 is 35.7 Å². The third-order valence-corrected chi connectivity index (χ3v) is 7.26. The van der Waals surface area contributed by atoms with Crippen LogP contribution in [-0.2, 0) is 48.2 Å². The minimum Gasteiger partial charge on any atom is -0.355 e. The molecule has 2 bridgehead atoms. The number of nitrogens with zero attached hydrogens (tertiary/aromatic N) is 4. The number of ketones is 1. The van der Waals surface area contributed by atoms with E-state index in [0.717, 1.165) is 5.56 Å². The smallest absolute Gasteiger partial charge is 0.243 e. The van der Waals surface area contributed by atoms with Crippen molar-refractivity contribution in [3.63, 3.8) is 0 Å². The average molecular weight is 581 g/mol. The molecule has 1 aromatic heterocycles. The lowest BCUT2D eigenvalue weighted by Crippen LogP contribution is -2.52. The van der Waals surface area contributed by atoms with E-state index in [2.05, 4.69) is 31.6 Å². The quantitative estimate of drug-likeness (QED) is 0.318. The van der Waals surface area contributed by atoms with Gasteiger partial charge in [-0.15, -0.1) is 5.10 Å². The Bertz CT molecular complexity index is 1310. The normalized spacial score (nSPS) is 22.0. The van der Waals surface area contributed by atoms with Gasteiger partial charge in [0.1, 0.15) is 12.6 Å². The van der Waals surface area contributed by atoms with Gasteiger partial charge in [0.15, 0.2) is 5.78 Å². The van der Waals surface area contributed by atoms with E-state index in [-0.39, 0.29) is 56.5 Å². The standard InChI is InChI=1S/C28H36N8O6/c1-2-29-24(38)14-31-28(42)21-13-20-16-35(34-33-20)17-25(39)30-15-26(40)36-10-6-9-22(36)23(37)12-19(27(41)32-21)11-18-7-4-3-5-8-18/h3-5,7-8,16,19,21-22H,2,6,9-15,17H2,1H3,(H,29,38)(H,30,39)(H,31,42)(H,32,41). The lowest BCUT2D eigenvalue weighted by molar-refractivity contribution is -0.139. The monoisotopic (exact) mass is 580 g/mol. The Morgan fingerprint density at radius 2 is 1.86 bits per heavy atom. The fraction of sp³-hybridized carbons (Fsp3) is 0.500. The Morgan fingerprint density at radius 1 is 1.07 bits per heavy atom. The molecule has 0 saturated carbocycles. The molecule has 2 aliphatic rings. The first-order valence-electron chi connectivity index (χ1n) is 14.1. The molecule has 2 aromatic rings. The number of rotatable bonds is 6. The van der Waals surface area contributed by atoms with Gasteiger partial charge in [0.05, 0.1) is 24.8 Å². The molecule has 1 fully saturated rings. The zero-order valence-electron chi connectivity index (χ0n) is 23.5. The van der Waals surface area contributed by atoms with Gasteiger partial charge in [-0.1, -0.05) is 35.5 Å². The number of aromatic nitrogens is 3. The number of nitrogens with one attached hydrogen (secondary N) is 4. The summed E-state index contributed by atoms with van der Waals surface area (Å²) in [6.07, 6.45) is 2.57. The van der Waals surface area contributed by atoms with E-state index in [1.54, 1.807) is 6.92 Å². The average Bonchev–Trinajstić information content (AvgIpc) is 3.64. The number of benzene rings is 1. The summed E-state index contributed by atoms with van der Waals surface area (Å²) in [7, 11) is 0. The van der Waals surface area contributed by atoms with Gasteiger partial charge >= 0.3 is 0 Å². The van der Waals surface area contributed by atoms with Crippen molar-refractivity contribution in [1.29, 1.82) is 0 Å². The first-order chi connectivity index (χ1) is 20.2. The van der Waals surface area contributed by atoms with Crippen LogP contribution in [0.4, 0.5) is 0 Å². The second kappa shape index (κ2) is 14.3. The highest BCUT2D eigenvalue weighted by Gasteiger charge is 2.37. The SMILES string of the molecule is CCNC(=O)CNC(=O)C1Cc2cn(nn2)CC(=O)NCC(=O)N2CCCC2C(=O)CC(Cc2ccccc2)C(=O)N1. The Labute approximate surface area is 242 Å². The van der Waals surface area contributed by atoms with Gasteiger partial charge in [-0.2, -0.15) is 0 Å². The highest BCUT2D eigenvalue weighted by Crippen LogP contribution is 2.23. The zero-order valence-corrected chi connectivity index (χ0v) is 23.5. The Hall–Kier alpha value is -4.62. The van der Waals surface area contributed by atoms with Crippen molar-refractivity contribution >= 4 is 35.3 Å². The summed E-state index contributed by atoms with van der Waals surface area (Å²) >= 11 is 0. The number of fused-ring (bicyclic) bond motifs is 3. The summed E-state index contributed by atoms with van der Waals surface area (Å²) in [5, 5.41) is 18.4. The topological polar surface area (TPSA) is 184 Å². The molecule has 14 nitrogen and oxygen atoms in total. The maximum absolute atomic E-state index is 13.7. The molecule has 3 heterocycles. The molecule has 1 aromatic carbocycles. The molecule has 42 heavy (non-hydrogen) atoms. The molecule has 0 aliphatic carbocycles. The minimum absolute atomic E-state index is 0.0739. The maximum atomic E-state index is 13.7. The summed E-state index contributed by atoms with van der Waals surface area (Å²) < 4.78 is 1.26. The Morgan fingerprint density at radius 3 is 2.62 bits per heavy atom. The van der Waals surface area contributed by atoms with E-state index in [1.165, 1.54) is 15.8 Å². The number of hydrogen-bond acceptors (Lipinski definition) is 8. The molecule has 14 heteroatoms. The summed E-state index contributed by atoms with van der Waals surface area (Å²) in [5.41, 5.74) is 1.15. The second-order valence-corrected chi connectivity index (χ2v) is 10.4. The zero-order chi connectivity index (χ0) is 30.1. The summed E-state index contributed by atoms with van der Waals surface area (Å²) in [5.74, 6) is -3.46. The molecular formula is C28H36N8O6. The van der Waals surface area contributed by atoms with Crippen LogP contribution in [0.2, 0.25) is 0 Å². The number of carbonyl (C=O) groups is 6. The van der Waals surface area contributed by atoms with Crippen molar-refractivity contribution in [3.8, 4) is 0 Å². The van der Waals surface area contributed by atoms with E-state index in [9.17, 15) is 28.8 Å². The van der Waals surface area contributed by atoms with Crippen LogP contribution in [0.5, 0.6) is 0 Å². The van der Waals surface area contributed by atoms with Crippen molar-refractivity contribution in [2.45, 2.75) is 57.7 Å². The molecule has 2 aliphatic heterocycles. The maximum Gasteiger partial charge on any atom is 0.243 e. The van der Waals surface area contributed by atoms with Crippen molar-refractivity contribution in [1.82, 2.24) is 41.2 Å². The van der Waals surface area contributed by atoms with Crippen molar-refractivity contribution < 1.29 is 28.8 Å². The van der Waals surface area contributed by atoms with E-state index >= 15 is 0 Å². The number of likely N-dealkylation sites (N-methyl/N-ethyl adjacent to an activating group) is 1. The van der Waals surface area contributed by atoms with Gasteiger partial charge in [0.2, 0.25) is 29.5 Å². The molecule has 4 N–H and O–H groups in total. The first-order valence-corrected chi connectivity index (χ1v) is 14.1. The molecule has 0 spiro atoms. The fourth-order valence-corrected chi connectivity index (χ4v) is 5.18. The lowest BCUT2D eigenvalue weighted by Gasteiger charge is -2.26. The van der Waals surface area contributed by atoms with Crippen LogP contribution in [0, 0.1) is 5.92 Å². The van der Waals surface area contributed by atoms with Crippen LogP contribution < -0.4 is 21.3 Å². The number of hydrogen-bond donors (Lipinski definition) is 4. The van der Waals surface area contributed by atoms with Crippen LogP contribution in [0.3, 0.4) is 0 Å². The predicted molar refractivity (Wildman–Crippen MR) is 148 cm³/mol. The number of carbonyl (C=O) groups excluding carboxylic acids is 6.